The molecular weight excluding hydrogens is 937 g/mol. The van der Waals surface area contributed by atoms with E-state index in [4.69, 9.17) is 14.2 Å². The molecule has 0 aromatic rings. The smallest absolute Gasteiger partial charge is 0.306 e. The van der Waals surface area contributed by atoms with E-state index in [0.29, 0.717) is 19.3 Å². The van der Waals surface area contributed by atoms with Gasteiger partial charge in [0.1, 0.15) is 13.2 Å². The maximum atomic E-state index is 12.9. The Morgan fingerprint density at radius 2 is 0.526 bits per heavy atom. The molecular formula is C70H120O6. The van der Waals surface area contributed by atoms with Crippen molar-refractivity contribution in [3.63, 3.8) is 0 Å². The second-order valence-electron chi connectivity index (χ2n) is 21.3. The SMILES string of the molecule is CC/C=C\C/C=C\C/C=C\C/C=C\CCCCCCCCCCCCCCCCCCC(=O)OCC(COC(=O)CCCCCCC/C=C\C/C=C\CCCC)OC(=O)CCCCCCC/C=C\C/C=C\CCCCC. The third kappa shape index (κ3) is 61.2. The van der Waals surface area contributed by atoms with Crippen LogP contribution in [0.5, 0.6) is 0 Å². The van der Waals surface area contributed by atoms with Crippen molar-refractivity contribution in [2.75, 3.05) is 13.2 Å². The van der Waals surface area contributed by atoms with E-state index in [1.54, 1.807) is 0 Å². The van der Waals surface area contributed by atoms with Gasteiger partial charge in [-0.1, -0.05) is 272 Å². The Hall–Kier alpha value is -3.67. The molecule has 0 radical (unpaired) electrons. The van der Waals surface area contributed by atoms with Crippen molar-refractivity contribution in [1.29, 1.82) is 0 Å². The Morgan fingerprint density at radius 1 is 0.276 bits per heavy atom. The van der Waals surface area contributed by atoms with E-state index in [2.05, 4.69) is 118 Å². The fraction of sp³-hybridized carbons (Fsp3) is 0.729. The van der Waals surface area contributed by atoms with E-state index in [1.165, 1.54) is 135 Å². The molecule has 1 atom stereocenters. The summed E-state index contributed by atoms with van der Waals surface area (Å²) in [6.45, 7) is 6.46. The lowest BCUT2D eigenvalue weighted by Crippen LogP contribution is -2.30. The molecule has 0 aromatic heterocycles. The first kappa shape index (κ1) is 72.3. The minimum Gasteiger partial charge on any atom is -0.462 e. The molecule has 6 nitrogen and oxygen atoms in total. The number of allylic oxidation sites excluding steroid dienone is 16. The van der Waals surface area contributed by atoms with Gasteiger partial charge in [0.05, 0.1) is 0 Å². The van der Waals surface area contributed by atoms with Crippen LogP contribution in [-0.4, -0.2) is 37.2 Å². The van der Waals surface area contributed by atoms with Crippen LogP contribution in [0.2, 0.25) is 0 Å². The van der Waals surface area contributed by atoms with Crippen molar-refractivity contribution in [1.82, 2.24) is 0 Å². The number of hydrogen-bond acceptors (Lipinski definition) is 6. The van der Waals surface area contributed by atoms with E-state index >= 15 is 0 Å². The quantitative estimate of drug-likeness (QED) is 0.0261. The highest BCUT2D eigenvalue weighted by atomic mass is 16.6. The number of esters is 3. The number of unbranched alkanes of at least 4 members (excludes halogenated alkanes) is 31. The van der Waals surface area contributed by atoms with Crippen LogP contribution in [0, 0.1) is 0 Å². The summed E-state index contributed by atoms with van der Waals surface area (Å²) in [4.78, 5) is 38.3. The molecule has 76 heavy (non-hydrogen) atoms. The van der Waals surface area contributed by atoms with Crippen LogP contribution in [0.3, 0.4) is 0 Å². The molecule has 0 aromatic carbocycles. The molecule has 6 heteroatoms. The summed E-state index contributed by atoms with van der Waals surface area (Å²) in [6.07, 6.45) is 85.6. The van der Waals surface area contributed by atoms with Crippen LogP contribution < -0.4 is 0 Å². The summed E-state index contributed by atoms with van der Waals surface area (Å²) in [6, 6.07) is 0. The first-order valence-electron chi connectivity index (χ1n) is 32.2. The van der Waals surface area contributed by atoms with Gasteiger partial charge >= 0.3 is 17.9 Å². The van der Waals surface area contributed by atoms with Crippen molar-refractivity contribution in [2.24, 2.45) is 0 Å². The summed E-state index contributed by atoms with van der Waals surface area (Å²) in [7, 11) is 0. The Kier molecular flexibility index (Phi) is 60.8. The molecule has 0 aliphatic heterocycles. The largest absolute Gasteiger partial charge is 0.462 e. The minimum atomic E-state index is -0.791. The second-order valence-corrected chi connectivity index (χ2v) is 21.3. The average molecular weight is 1060 g/mol. The first-order chi connectivity index (χ1) is 37.5. The second kappa shape index (κ2) is 63.9. The van der Waals surface area contributed by atoms with Gasteiger partial charge in [0.2, 0.25) is 0 Å². The number of carbonyl (C=O) groups is 3. The average Bonchev–Trinajstić information content (AvgIpc) is 3.42. The van der Waals surface area contributed by atoms with Crippen molar-refractivity contribution < 1.29 is 28.6 Å². The molecule has 0 saturated carbocycles. The van der Waals surface area contributed by atoms with E-state index in [0.717, 1.165) is 135 Å². The monoisotopic (exact) mass is 1060 g/mol. The van der Waals surface area contributed by atoms with Crippen LogP contribution in [-0.2, 0) is 28.6 Å². The zero-order valence-electron chi connectivity index (χ0n) is 50.0. The van der Waals surface area contributed by atoms with E-state index < -0.39 is 6.10 Å². The summed E-state index contributed by atoms with van der Waals surface area (Å²) in [5.41, 5.74) is 0. The Balaban J connectivity index is 4.24. The summed E-state index contributed by atoms with van der Waals surface area (Å²) in [5.74, 6) is -0.905. The van der Waals surface area contributed by atoms with E-state index in [1.807, 2.05) is 0 Å². The Labute approximate surface area is 470 Å². The third-order valence-corrected chi connectivity index (χ3v) is 13.8. The fourth-order valence-electron chi connectivity index (χ4n) is 8.95. The maximum absolute atomic E-state index is 12.9. The zero-order chi connectivity index (χ0) is 55.0. The van der Waals surface area contributed by atoms with Gasteiger partial charge in [0, 0.05) is 19.3 Å². The first-order valence-corrected chi connectivity index (χ1v) is 32.2. The van der Waals surface area contributed by atoms with Crippen LogP contribution in [0.15, 0.2) is 97.2 Å². The zero-order valence-corrected chi connectivity index (χ0v) is 50.0. The van der Waals surface area contributed by atoms with Gasteiger partial charge in [0.15, 0.2) is 6.10 Å². The summed E-state index contributed by atoms with van der Waals surface area (Å²) >= 11 is 0. The standard InChI is InChI=1S/C70H120O6/c1-4-7-10-13-16-19-22-25-28-29-30-31-32-33-34-35-36-37-38-39-40-41-43-45-48-51-54-57-60-63-69(72)75-66-67(65-74-68(71)62-59-56-53-50-47-44-27-24-21-18-15-12-9-6-3)76-70(73)64-61-58-55-52-49-46-42-26-23-20-17-14-11-8-5-2/h7,10,15-20,24-28,30-31,42,67H,4-6,8-9,11-14,21-23,29,32-41,43-66H2,1-3H3/b10-7-,18-15-,19-16-,20-17-,27-24-,28-25-,31-30-,42-26-. The fourth-order valence-corrected chi connectivity index (χ4v) is 8.95. The van der Waals surface area contributed by atoms with Gasteiger partial charge in [0.25, 0.3) is 0 Å². The Bertz CT molecular complexity index is 1490. The molecule has 0 bridgehead atoms. The highest BCUT2D eigenvalue weighted by Crippen LogP contribution is 2.16. The van der Waals surface area contributed by atoms with Gasteiger partial charge in [-0.3, -0.25) is 14.4 Å². The van der Waals surface area contributed by atoms with Gasteiger partial charge in [-0.2, -0.15) is 0 Å². The van der Waals surface area contributed by atoms with Crippen molar-refractivity contribution >= 4 is 17.9 Å². The predicted molar refractivity (Wildman–Crippen MR) is 330 cm³/mol. The summed E-state index contributed by atoms with van der Waals surface area (Å²) in [5, 5.41) is 0. The lowest BCUT2D eigenvalue weighted by molar-refractivity contribution is -0.167. The topological polar surface area (TPSA) is 78.9 Å². The molecule has 436 valence electrons. The van der Waals surface area contributed by atoms with E-state index in [9.17, 15) is 14.4 Å². The van der Waals surface area contributed by atoms with Crippen molar-refractivity contribution in [3.05, 3.63) is 97.2 Å². The predicted octanol–water partition coefficient (Wildman–Crippen LogP) is 22.0. The molecule has 0 spiro atoms. The molecule has 0 aliphatic rings. The third-order valence-electron chi connectivity index (χ3n) is 13.8. The van der Waals surface area contributed by atoms with Gasteiger partial charge in [-0.05, 0) is 116 Å². The normalized spacial score (nSPS) is 12.7. The van der Waals surface area contributed by atoms with Crippen molar-refractivity contribution in [3.8, 4) is 0 Å². The molecule has 0 fully saturated rings. The van der Waals surface area contributed by atoms with Gasteiger partial charge < -0.3 is 14.2 Å². The number of ether oxygens (including phenoxy) is 3. The lowest BCUT2D eigenvalue weighted by atomic mass is 10.0. The molecule has 0 aliphatic carbocycles. The number of hydrogen-bond donors (Lipinski definition) is 0. The van der Waals surface area contributed by atoms with Crippen LogP contribution >= 0.6 is 0 Å². The van der Waals surface area contributed by atoms with Gasteiger partial charge in [-0.25, -0.2) is 0 Å². The van der Waals surface area contributed by atoms with E-state index in [-0.39, 0.29) is 31.1 Å². The van der Waals surface area contributed by atoms with Gasteiger partial charge in [-0.15, -0.1) is 0 Å². The highest BCUT2D eigenvalue weighted by Gasteiger charge is 2.19. The number of carbonyl (C=O) groups excluding carboxylic acids is 3. The summed E-state index contributed by atoms with van der Waals surface area (Å²) < 4.78 is 16.9. The van der Waals surface area contributed by atoms with Crippen LogP contribution in [0.4, 0.5) is 0 Å². The molecule has 1 unspecified atom stereocenters. The highest BCUT2D eigenvalue weighted by molar-refractivity contribution is 5.71. The molecule has 0 N–H and O–H groups in total. The minimum absolute atomic E-state index is 0.0859. The van der Waals surface area contributed by atoms with Crippen molar-refractivity contribution in [2.45, 2.75) is 316 Å². The Morgan fingerprint density at radius 3 is 0.842 bits per heavy atom. The molecule has 0 heterocycles. The molecule has 0 rings (SSSR count). The maximum Gasteiger partial charge on any atom is 0.306 e. The van der Waals surface area contributed by atoms with Crippen LogP contribution in [0.25, 0.3) is 0 Å². The lowest BCUT2D eigenvalue weighted by Gasteiger charge is -2.18. The molecule has 0 saturated heterocycles. The number of rotatable bonds is 58. The molecule has 0 amide bonds. The van der Waals surface area contributed by atoms with Crippen LogP contribution in [0.1, 0.15) is 310 Å².